The molecule has 0 aliphatic rings. The highest BCUT2D eigenvalue weighted by Gasteiger charge is 2.24. The molecule has 1 amide bonds. The summed E-state index contributed by atoms with van der Waals surface area (Å²) in [7, 11) is 1.66. The monoisotopic (exact) mass is 412 g/mol. The summed E-state index contributed by atoms with van der Waals surface area (Å²) in [5.41, 5.74) is 3.78. The molecule has 0 unspecified atom stereocenters. The van der Waals surface area contributed by atoms with Gasteiger partial charge in [-0.2, -0.15) is 0 Å². The third-order valence-electron chi connectivity index (χ3n) is 5.36. The number of amides is 1. The van der Waals surface area contributed by atoms with Gasteiger partial charge < -0.3 is 9.64 Å². The zero-order valence-corrected chi connectivity index (χ0v) is 18.7. The van der Waals surface area contributed by atoms with Gasteiger partial charge in [0.2, 0.25) is 0 Å². The van der Waals surface area contributed by atoms with Crippen molar-refractivity contribution in [3.63, 3.8) is 0 Å². The van der Waals surface area contributed by atoms with E-state index in [9.17, 15) is 4.79 Å². The summed E-state index contributed by atoms with van der Waals surface area (Å²) < 4.78 is 6.36. The van der Waals surface area contributed by atoms with Crippen molar-refractivity contribution in [1.82, 2.24) is 4.98 Å². The number of thiazole rings is 1. The SMILES string of the molecule is CC[NH+](CC)CCN(C(=O)c1ccc(C)cc1C)c1nc2ccc(OC)cc2s1. The second-order valence-electron chi connectivity index (χ2n) is 7.31. The fraction of sp³-hybridized carbons (Fsp3) is 0.391. The molecule has 0 fully saturated rings. The number of nitrogens with zero attached hydrogens (tertiary/aromatic N) is 2. The van der Waals surface area contributed by atoms with Crippen LogP contribution in [-0.4, -0.2) is 44.2 Å². The lowest BCUT2D eigenvalue weighted by Gasteiger charge is -2.23. The second kappa shape index (κ2) is 9.37. The van der Waals surface area contributed by atoms with E-state index in [4.69, 9.17) is 9.72 Å². The van der Waals surface area contributed by atoms with Gasteiger partial charge in [-0.05, 0) is 57.5 Å². The minimum absolute atomic E-state index is 0.0140. The molecule has 0 saturated heterocycles. The van der Waals surface area contributed by atoms with E-state index >= 15 is 0 Å². The quantitative estimate of drug-likeness (QED) is 0.616. The minimum Gasteiger partial charge on any atom is -0.497 e. The lowest BCUT2D eigenvalue weighted by Crippen LogP contribution is -3.12. The topological polar surface area (TPSA) is 46.9 Å². The van der Waals surface area contributed by atoms with Gasteiger partial charge in [0.15, 0.2) is 5.13 Å². The molecule has 0 atom stereocenters. The second-order valence-corrected chi connectivity index (χ2v) is 8.32. The Kier molecular flexibility index (Phi) is 6.87. The predicted molar refractivity (Wildman–Crippen MR) is 121 cm³/mol. The summed E-state index contributed by atoms with van der Waals surface area (Å²) in [5, 5.41) is 0.741. The molecule has 3 aromatic rings. The first-order valence-corrected chi connectivity index (χ1v) is 11.0. The van der Waals surface area contributed by atoms with Crippen molar-refractivity contribution in [3.05, 3.63) is 53.1 Å². The van der Waals surface area contributed by atoms with E-state index in [-0.39, 0.29) is 5.91 Å². The van der Waals surface area contributed by atoms with Gasteiger partial charge in [-0.3, -0.25) is 9.69 Å². The number of fused-ring (bicyclic) bond motifs is 1. The summed E-state index contributed by atoms with van der Waals surface area (Å²) >= 11 is 1.54. The van der Waals surface area contributed by atoms with Crippen LogP contribution in [0.4, 0.5) is 5.13 Å². The normalized spacial score (nSPS) is 11.2. The molecule has 0 spiro atoms. The van der Waals surface area contributed by atoms with Crippen LogP contribution in [0.1, 0.15) is 35.3 Å². The number of likely N-dealkylation sites (N-methyl/N-ethyl adjacent to an activating group) is 1. The Morgan fingerprint density at radius 3 is 2.55 bits per heavy atom. The van der Waals surface area contributed by atoms with Crippen LogP contribution in [0.25, 0.3) is 10.2 Å². The van der Waals surface area contributed by atoms with E-state index in [0.29, 0.717) is 6.54 Å². The minimum atomic E-state index is 0.0140. The molecule has 0 bridgehead atoms. The van der Waals surface area contributed by atoms with E-state index in [1.807, 2.05) is 49.1 Å². The first-order chi connectivity index (χ1) is 14.0. The molecule has 1 N–H and O–H groups in total. The molecule has 0 aliphatic carbocycles. The number of hydrogen-bond donors (Lipinski definition) is 1. The predicted octanol–water partition coefficient (Wildman–Crippen LogP) is 3.49. The van der Waals surface area contributed by atoms with Crippen LogP contribution < -0.4 is 14.5 Å². The van der Waals surface area contributed by atoms with Gasteiger partial charge in [0.25, 0.3) is 5.91 Å². The molecule has 1 heterocycles. The average molecular weight is 413 g/mol. The maximum atomic E-state index is 13.5. The fourth-order valence-corrected chi connectivity index (χ4v) is 4.51. The van der Waals surface area contributed by atoms with Gasteiger partial charge in [-0.1, -0.05) is 29.0 Å². The molecule has 0 saturated carbocycles. The third kappa shape index (κ3) is 4.77. The smallest absolute Gasteiger partial charge is 0.260 e. The number of carbonyl (C=O) groups is 1. The zero-order chi connectivity index (χ0) is 21.0. The first kappa shape index (κ1) is 21.3. The Balaban J connectivity index is 1.99. The van der Waals surface area contributed by atoms with Crippen molar-refractivity contribution in [2.45, 2.75) is 27.7 Å². The highest BCUT2D eigenvalue weighted by atomic mass is 32.1. The molecule has 1 aromatic heterocycles. The van der Waals surface area contributed by atoms with Gasteiger partial charge >= 0.3 is 0 Å². The van der Waals surface area contributed by atoms with Gasteiger partial charge in [0.05, 0.1) is 43.5 Å². The van der Waals surface area contributed by atoms with Crippen LogP contribution in [0.3, 0.4) is 0 Å². The third-order valence-corrected chi connectivity index (χ3v) is 6.40. The van der Waals surface area contributed by atoms with Gasteiger partial charge in [0, 0.05) is 5.56 Å². The van der Waals surface area contributed by atoms with Crippen molar-refractivity contribution in [1.29, 1.82) is 0 Å². The van der Waals surface area contributed by atoms with Gasteiger partial charge in [-0.25, -0.2) is 4.98 Å². The van der Waals surface area contributed by atoms with Gasteiger partial charge in [-0.15, -0.1) is 0 Å². The van der Waals surface area contributed by atoms with E-state index in [0.717, 1.165) is 57.4 Å². The Morgan fingerprint density at radius 2 is 1.90 bits per heavy atom. The molecule has 154 valence electrons. The number of aromatic nitrogens is 1. The molecule has 3 rings (SSSR count). The van der Waals surface area contributed by atoms with Crippen molar-refractivity contribution in [2.75, 3.05) is 38.2 Å². The van der Waals surface area contributed by atoms with Crippen LogP contribution in [0.5, 0.6) is 5.75 Å². The molecule has 2 aromatic carbocycles. The zero-order valence-electron chi connectivity index (χ0n) is 17.9. The Labute approximate surface area is 176 Å². The molecule has 5 nitrogen and oxygen atoms in total. The summed E-state index contributed by atoms with van der Waals surface area (Å²) in [6.07, 6.45) is 0. The molecule has 29 heavy (non-hydrogen) atoms. The molecule has 6 heteroatoms. The lowest BCUT2D eigenvalue weighted by atomic mass is 10.0. The summed E-state index contributed by atoms with van der Waals surface area (Å²) in [4.78, 5) is 21.6. The number of anilines is 1. The van der Waals surface area contributed by atoms with Crippen LogP contribution in [0.2, 0.25) is 0 Å². The van der Waals surface area contributed by atoms with Crippen LogP contribution in [-0.2, 0) is 0 Å². The van der Waals surface area contributed by atoms with Crippen molar-refractivity contribution in [3.8, 4) is 5.75 Å². The highest BCUT2D eigenvalue weighted by molar-refractivity contribution is 7.22. The number of hydrogen-bond acceptors (Lipinski definition) is 4. The summed E-state index contributed by atoms with van der Waals surface area (Å²) in [5.74, 6) is 0.813. The number of quaternary nitrogens is 1. The number of ether oxygens (including phenoxy) is 1. The van der Waals surface area contributed by atoms with Crippen LogP contribution >= 0.6 is 11.3 Å². The summed E-state index contributed by atoms with van der Waals surface area (Å²) in [6, 6.07) is 11.8. The number of rotatable bonds is 8. The van der Waals surface area contributed by atoms with Gasteiger partial charge in [0.1, 0.15) is 5.75 Å². The van der Waals surface area contributed by atoms with E-state index < -0.39 is 0 Å². The number of aryl methyl sites for hydroxylation is 2. The van der Waals surface area contributed by atoms with Crippen molar-refractivity contribution in [2.24, 2.45) is 0 Å². The average Bonchev–Trinajstić information content (AvgIpc) is 3.13. The largest absolute Gasteiger partial charge is 0.497 e. The molecular weight excluding hydrogens is 382 g/mol. The highest BCUT2D eigenvalue weighted by Crippen LogP contribution is 2.32. The molecular formula is C23H30N3O2S+. The number of carbonyl (C=O) groups excluding carboxylic acids is 1. The summed E-state index contributed by atoms with van der Waals surface area (Å²) in [6.45, 7) is 12.0. The Hall–Kier alpha value is -2.44. The van der Waals surface area contributed by atoms with Crippen molar-refractivity contribution >= 4 is 32.6 Å². The first-order valence-electron chi connectivity index (χ1n) is 10.1. The Bertz CT molecular complexity index is 995. The van der Waals surface area contributed by atoms with Crippen LogP contribution in [0, 0.1) is 13.8 Å². The standard InChI is InChI=1S/C23H29N3O2S/c1-6-25(7-2)12-13-26(22(27)19-10-8-16(3)14-17(19)4)23-24-20-11-9-18(28-5)15-21(20)29-23/h8-11,14-15H,6-7,12-13H2,1-5H3/p+1. The van der Waals surface area contributed by atoms with Crippen molar-refractivity contribution < 1.29 is 14.4 Å². The Morgan fingerprint density at radius 1 is 1.14 bits per heavy atom. The van der Waals surface area contributed by atoms with E-state index in [1.54, 1.807) is 7.11 Å². The van der Waals surface area contributed by atoms with Crippen LogP contribution in [0.15, 0.2) is 36.4 Å². The number of methoxy groups -OCH3 is 1. The number of benzene rings is 2. The fourth-order valence-electron chi connectivity index (χ4n) is 3.49. The maximum absolute atomic E-state index is 13.5. The lowest BCUT2D eigenvalue weighted by molar-refractivity contribution is -0.894. The van der Waals surface area contributed by atoms with E-state index in [1.165, 1.54) is 16.2 Å². The molecule has 0 radical (unpaired) electrons. The maximum Gasteiger partial charge on any atom is 0.260 e. The number of nitrogens with one attached hydrogen (secondary N) is 1. The van der Waals surface area contributed by atoms with E-state index in [2.05, 4.69) is 19.9 Å². The molecule has 0 aliphatic heterocycles.